The van der Waals surface area contributed by atoms with E-state index in [-0.39, 0.29) is 12.5 Å². The Morgan fingerprint density at radius 2 is 2.24 bits per heavy atom. The number of aromatic nitrogens is 2. The van der Waals surface area contributed by atoms with Crippen LogP contribution in [0, 0.1) is 0 Å². The molecule has 1 aromatic rings. The summed E-state index contributed by atoms with van der Waals surface area (Å²) >= 11 is 0. The SMILES string of the molecule is Nc1cnn(CC(=O)OCCN2CCCC2)c1. The molecule has 1 saturated heterocycles. The van der Waals surface area contributed by atoms with Gasteiger partial charge in [0.05, 0.1) is 11.9 Å². The number of esters is 1. The van der Waals surface area contributed by atoms with E-state index in [1.54, 1.807) is 6.20 Å². The van der Waals surface area contributed by atoms with Crippen molar-refractivity contribution in [3.05, 3.63) is 12.4 Å². The average Bonchev–Trinajstić information content (AvgIpc) is 2.90. The van der Waals surface area contributed by atoms with Crippen LogP contribution >= 0.6 is 0 Å². The summed E-state index contributed by atoms with van der Waals surface area (Å²) in [5.41, 5.74) is 6.05. The first-order valence-electron chi connectivity index (χ1n) is 5.90. The van der Waals surface area contributed by atoms with Crippen molar-refractivity contribution in [3.63, 3.8) is 0 Å². The lowest BCUT2D eigenvalue weighted by molar-refractivity contribution is -0.144. The number of ether oxygens (including phenoxy) is 1. The zero-order valence-corrected chi connectivity index (χ0v) is 9.84. The van der Waals surface area contributed by atoms with E-state index in [1.807, 2.05) is 0 Å². The summed E-state index contributed by atoms with van der Waals surface area (Å²) in [7, 11) is 0. The first kappa shape index (κ1) is 11.9. The quantitative estimate of drug-likeness (QED) is 0.737. The summed E-state index contributed by atoms with van der Waals surface area (Å²) in [6.07, 6.45) is 5.63. The molecule has 1 aromatic heterocycles. The highest BCUT2D eigenvalue weighted by atomic mass is 16.5. The van der Waals surface area contributed by atoms with E-state index in [0.717, 1.165) is 19.6 Å². The lowest BCUT2D eigenvalue weighted by Crippen LogP contribution is -2.26. The number of nitrogens with two attached hydrogens (primary N) is 1. The zero-order valence-electron chi connectivity index (χ0n) is 9.84. The van der Waals surface area contributed by atoms with Crippen molar-refractivity contribution in [2.24, 2.45) is 0 Å². The minimum absolute atomic E-state index is 0.122. The summed E-state index contributed by atoms with van der Waals surface area (Å²) in [5.74, 6) is -0.271. The summed E-state index contributed by atoms with van der Waals surface area (Å²) in [6.45, 7) is 3.64. The van der Waals surface area contributed by atoms with Crippen molar-refractivity contribution in [1.82, 2.24) is 14.7 Å². The number of hydrogen-bond donors (Lipinski definition) is 1. The van der Waals surface area contributed by atoms with E-state index in [4.69, 9.17) is 10.5 Å². The highest BCUT2D eigenvalue weighted by molar-refractivity contribution is 5.69. The maximum Gasteiger partial charge on any atom is 0.327 e. The van der Waals surface area contributed by atoms with Gasteiger partial charge in [0.2, 0.25) is 0 Å². The molecule has 6 heteroatoms. The standard InChI is InChI=1S/C11H18N4O2/c12-10-7-13-15(8-10)9-11(16)17-6-5-14-3-1-2-4-14/h7-8H,1-6,9,12H2. The molecular formula is C11H18N4O2. The number of rotatable bonds is 5. The van der Waals surface area contributed by atoms with E-state index in [0.29, 0.717) is 12.3 Å². The Bertz CT molecular complexity index is 371. The number of likely N-dealkylation sites (tertiary alicyclic amines) is 1. The molecule has 0 bridgehead atoms. The van der Waals surface area contributed by atoms with Gasteiger partial charge in [-0.05, 0) is 25.9 Å². The number of nitrogen functional groups attached to an aromatic ring is 1. The Hall–Kier alpha value is -1.56. The van der Waals surface area contributed by atoms with Gasteiger partial charge in [-0.2, -0.15) is 5.10 Å². The van der Waals surface area contributed by atoms with Crippen LogP contribution in [0.1, 0.15) is 12.8 Å². The molecule has 2 N–H and O–H groups in total. The van der Waals surface area contributed by atoms with Gasteiger partial charge in [-0.15, -0.1) is 0 Å². The van der Waals surface area contributed by atoms with Crippen molar-refractivity contribution in [1.29, 1.82) is 0 Å². The molecule has 0 aliphatic carbocycles. The highest BCUT2D eigenvalue weighted by Crippen LogP contribution is 2.06. The van der Waals surface area contributed by atoms with Gasteiger partial charge in [0, 0.05) is 12.7 Å². The van der Waals surface area contributed by atoms with E-state index >= 15 is 0 Å². The molecule has 17 heavy (non-hydrogen) atoms. The summed E-state index contributed by atoms with van der Waals surface area (Å²) < 4.78 is 6.61. The predicted octanol–water partition coefficient (Wildman–Crippen LogP) is 0.104. The molecule has 0 unspecified atom stereocenters. The lowest BCUT2D eigenvalue weighted by Gasteiger charge is -2.14. The highest BCUT2D eigenvalue weighted by Gasteiger charge is 2.12. The fourth-order valence-corrected chi connectivity index (χ4v) is 1.94. The maximum absolute atomic E-state index is 11.5. The van der Waals surface area contributed by atoms with Crippen LogP contribution in [0.5, 0.6) is 0 Å². The van der Waals surface area contributed by atoms with Crippen molar-refractivity contribution in [2.75, 3.05) is 32.0 Å². The normalized spacial score (nSPS) is 16.2. The molecule has 94 valence electrons. The Morgan fingerprint density at radius 1 is 1.47 bits per heavy atom. The topological polar surface area (TPSA) is 73.4 Å². The van der Waals surface area contributed by atoms with Gasteiger partial charge < -0.3 is 10.5 Å². The third kappa shape index (κ3) is 3.74. The molecule has 1 aliphatic heterocycles. The van der Waals surface area contributed by atoms with Gasteiger partial charge in [-0.3, -0.25) is 14.4 Å². The van der Waals surface area contributed by atoms with Crippen molar-refractivity contribution in [3.8, 4) is 0 Å². The van der Waals surface area contributed by atoms with Crippen molar-refractivity contribution < 1.29 is 9.53 Å². The molecule has 1 fully saturated rings. The van der Waals surface area contributed by atoms with E-state index in [2.05, 4.69) is 10.00 Å². The molecule has 0 aromatic carbocycles. The second-order valence-electron chi connectivity index (χ2n) is 4.24. The molecule has 2 rings (SSSR count). The van der Waals surface area contributed by atoms with Gasteiger partial charge in [0.1, 0.15) is 13.2 Å². The molecule has 1 aliphatic rings. The number of anilines is 1. The largest absolute Gasteiger partial charge is 0.463 e. The van der Waals surface area contributed by atoms with Crippen LogP contribution < -0.4 is 5.73 Å². The fourth-order valence-electron chi connectivity index (χ4n) is 1.94. The second kappa shape index (κ2) is 5.67. The van der Waals surface area contributed by atoms with Crippen molar-refractivity contribution >= 4 is 11.7 Å². The Morgan fingerprint density at radius 3 is 2.88 bits per heavy atom. The Labute approximate surface area is 100 Å². The Balaban J connectivity index is 1.63. The smallest absolute Gasteiger partial charge is 0.327 e. The maximum atomic E-state index is 11.5. The van der Waals surface area contributed by atoms with Gasteiger partial charge in [0.25, 0.3) is 0 Å². The monoisotopic (exact) mass is 238 g/mol. The van der Waals surface area contributed by atoms with Crippen LogP contribution in [0.25, 0.3) is 0 Å². The molecule has 0 spiro atoms. The number of carbonyl (C=O) groups excluding carboxylic acids is 1. The zero-order chi connectivity index (χ0) is 12.1. The minimum atomic E-state index is -0.271. The Kier molecular flexibility index (Phi) is 3.98. The van der Waals surface area contributed by atoms with Gasteiger partial charge in [-0.25, -0.2) is 0 Å². The van der Waals surface area contributed by atoms with Crippen LogP contribution in [-0.4, -0.2) is 46.9 Å². The number of nitrogens with zero attached hydrogens (tertiary/aromatic N) is 3. The van der Waals surface area contributed by atoms with Crippen LogP contribution in [0.2, 0.25) is 0 Å². The molecule has 0 atom stereocenters. The number of carbonyl (C=O) groups is 1. The third-order valence-electron chi connectivity index (χ3n) is 2.81. The van der Waals surface area contributed by atoms with Gasteiger partial charge >= 0.3 is 5.97 Å². The molecule has 6 nitrogen and oxygen atoms in total. The molecule has 0 amide bonds. The van der Waals surface area contributed by atoms with Crippen LogP contribution in [-0.2, 0) is 16.1 Å². The first-order chi connectivity index (χ1) is 8.24. The summed E-state index contributed by atoms with van der Waals surface area (Å²) in [6, 6.07) is 0. The van der Waals surface area contributed by atoms with E-state index < -0.39 is 0 Å². The third-order valence-corrected chi connectivity index (χ3v) is 2.81. The molecule has 2 heterocycles. The minimum Gasteiger partial charge on any atom is -0.463 e. The van der Waals surface area contributed by atoms with Crippen LogP contribution in [0.4, 0.5) is 5.69 Å². The summed E-state index contributed by atoms with van der Waals surface area (Å²) in [5, 5.41) is 3.92. The lowest BCUT2D eigenvalue weighted by atomic mass is 10.4. The second-order valence-corrected chi connectivity index (χ2v) is 4.24. The van der Waals surface area contributed by atoms with Crippen molar-refractivity contribution in [2.45, 2.75) is 19.4 Å². The first-order valence-corrected chi connectivity index (χ1v) is 5.90. The van der Waals surface area contributed by atoms with Gasteiger partial charge in [-0.1, -0.05) is 0 Å². The predicted molar refractivity (Wildman–Crippen MR) is 63.3 cm³/mol. The molecular weight excluding hydrogens is 220 g/mol. The van der Waals surface area contributed by atoms with Gasteiger partial charge in [0.15, 0.2) is 0 Å². The molecule has 0 saturated carbocycles. The van der Waals surface area contributed by atoms with Crippen LogP contribution in [0.3, 0.4) is 0 Å². The molecule has 0 radical (unpaired) electrons. The average molecular weight is 238 g/mol. The van der Waals surface area contributed by atoms with Crippen LogP contribution in [0.15, 0.2) is 12.4 Å². The van der Waals surface area contributed by atoms with E-state index in [1.165, 1.54) is 23.7 Å². The fraction of sp³-hybridized carbons (Fsp3) is 0.636. The van der Waals surface area contributed by atoms with E-state index in [9.17, 15) is 4.79 Å². The number of hydrogen-bond acceptors (Lipinski definition) is 5. The summed E-state index contributed by atoms with van der Waals surface area (Å²) in [4.78, 5) is 13.8.